The summed E-state index contributed by atoms with van der Waals surface area (Å²) in [6.45, 7) is 4.04. The molecule has 1 amide bonds. The van der Waals surface area contributed by atoms with E-state index < -0.39 is 0 Å². The van der Waals surface area contributed by atoms with Crippen LogP contribution in [0.25, 0.3) is 11.3 Å². The van der Waals surface area contributed by atoms with E-state index in [0.717, 1.165) is 33.7 Å². The lowest BCUT2D eigenvalue weighted by molar-refractivity contribution is -0.115. The van der Waals surface area contributed by atoms with E-state index in [-0.39, 0.29) is 5.91 Å². The largest absolute Gasteiger partial charge is 0.496 e. The summed E-state index contributed by atoms with van der Waals surface area (Å²) in [4.78, 5) is 16.8. The van der Waals surface area contributed by atoms with Crippen molar-refractivity contribution in [1.82, 2.24) is 4.98 Å². The number of thiazole rings is 1. The van der Waals surface area contributed by atoms with Gasteiger partial charge >= 0.3 is 0 Å². The van der Waals surface area contributed by atoms with Crippen LogP contribution in [0.1, 0.15) is 16.7 Å². The first-order valence-corrected chi connectivity index (χ1v) is 8.89. The summed E-state index contributed by atoms with van der Waals surface area (Å²) in [6, 6.07) is 13.9. The Balaban J connectivity index is 1.75. The molecule has 0 saturated heterocycles. The van der Waals surface area contributed by atoms with Gasteiger partial charge < -0.3 is 10.1 Å². The van der Waals surface area contributed by atoms with Gasteiger partial charge in [-0.25, -0.2) is 4.98 Å². The Morgan fingerprint density at radius 1 is 1.20 bits per heavy atom. The molecule has 1 N–H and O–H groups in total. The van der Waals surface area contributed by atoms with Gasteiger partial charge in [0.1, 0.15) is 5.75 Å². The molecule has 128 valence electrons. The highest BCUT2D eigenvalue weighted by atomic mass is 32.1. The van der Waals surface area contributed by atoms with Gasteiger partial charge in [0.05, 0.1) is 19.2 Å². The molecule has 1 heterocycles. The van der Waals surface area contributed by atoms with Crippen molar-refractivity contribution in [2.75, 3.05) is 12.4 Å². The molecular formula is C20H20N2O2S. The topological polar surface area (TPSA) is 51.2 Å². The van der Waals surface area contributed by atoms with Gasteiger partial charge in [0.15, 0.2) is 5.13 Å². The standard InChI is InChI=1S/C20H20N2O2S/c1-13-8-9-18(24-3)16(10-13)17-12-25-20(21-17)22-19(23)11-15-7-5-4-6-14(15)2/h4-10,12H,11H2,1-3H3,(H,21,22,23). The maximum Gasteiger partial charge on any atom is 0.230 e. The molecule has 4 nitrogen and oxygen atoms in total. The smallest absolute Gasteiger partial charge is 0.230 e. The average Bonchev–Trinajstić information content (AvgIpc) is 3.05. The molecule has 0 fully saturated rings. The fourth-order valence-electron chi connectivity index (χ4n) is 2.62. The first kappa shape index (κ1) is 17.2. The van der Waals surface area contributed by atoms with Gasteiger partial charge in [-0.15, -0.1) is 11.3 Å². The first-order chi connectivity index (χ1) is 12.1. The number of nitrogens with zero attached hydrogens (tertiary/aromatic N) is 1. The molecule has 2 aromatic carbocycles. The summed E-state index contributed by atoms with van der Waals surface area (Å²) in [5.41, 5.74) is 5.00. The van der Waals surface area contributed by atoms with Crippen molar-refractivity contribution in [3.8, 4) is 17.0 Å². The Labute approximate surface area is 151 Å². The van der Waals surface area contributed by atoms with E-state index in [9.17, 15) is 4.79 Å². The number of anilines is 1. The summed E-state index contributed by atoms with van der Waals surface area (Å²) in [5, 5.41) is 5.41. The normalized spacial score (nSPS) is 10.5. The van der Waals surface area contributed by atoms with Gasteiger partial charge in [0.2, 0.25) is 5.91 Å². The number of nitrogens with one attached hydrogen (secondary N) is 1. The van der Waals surface area contributed by atoms with Crippen molar-refractivity contribution in [3.63, 3.8) is 0 Å². The van der Waals surface area contributed by atoms with Crippen LogP contribution in [0.2, 0.25) is 0 Å². The maximum absolute atomic E-state index is 12.3. The lowest BCUT2D eigenvalue weighted by atomic mass is 10.1. The highest BCUT2D eigenvalue weighted by molar-refractivity contribution is 7.14. The predicted molar refractivity (Wildman–Crippen MR) is 102 cm³/mol. The molecule has 0 bridgehead atoms. The minimum Gasteiger partial charge on any atom is -0.496 e. The number of carbonyl (C=O) groups is 1. The second kappa shape index (κ2) is 7.49. The van der Waals surface area contributed by atoms with Gasteiger partial charge in [0, 0.05) is 10.9 Å². The molecule has 3 aromatic rings. The average molecular weight is 352 g/mol. The van der Waals surface area contributed by atoms with E-state index in [4.69, 9.17) is 4.74 Å². The first-order valence-electron chi connectivity index (χ1n) is 8.01. The van der Waals surface area contributed by atoms with E-state index in [1.807, 2.05) is 61.7 Å². The fourth-order valence-corrected chi connectivity index (χ4v) is 3.35. The third-order valence-corrected chi connectivity index (χ3v) is 4.75. The van der Waals surface area contributed by atoms with Gasteiger partial charge in [0.25, 0.3) is 0 Å². The van der Waals surface area contributed by atoms with Crippen molar-refractivity contribution >= 4 is 22.4 Å². The molecular weight excluding hydrogens is 332 g/mol. The van der Waals surface area contributed by atoms with Gasteiger partial charge in [-0.1, -0.05) is 35.9 Å². The number of rotatable bonds is 5. The van der Waals surface area contributed by atoms with E-state index in [2.05, 4.69) is 10.3 Å². The minimum absolute atomic E-state index is 0.0635. The Bertz CT molecular complexity index is 902. The minimum atomic E-state index is -0.0635. The highest BCUT2D eigenvalue weighted by Crippen LogP contribution is 2.33. The van der Waals surface area contributed by atoms with Crippen LogP contribution >= 0.6 is 11.3 Å². The van der Waals surface area contributed by atoms with Crippen LogP contribution in [-0.4, -0.2) is 18.0 Å². The maximum atomic E-state index is 12.3. The number of ether oxygens (including phenoxy) is 1. The van der Waals surface area contributed by atoms with Crippen molar-refractivity contribution in [2.45, 2.75) is 20.3 Å². The number of aryl methyl sites for hydroxylation is 2. The molecule has 0 aliphatic heterocycles. The van der Waals surface area contributed by atoms with Crippen LogP contribution in [0.15, 0.2) is 47.8 Å². The third-order valence-electron chi connectivity index (χ3n) is 3.99. The third kappa shape index (κ3) is 4.06. The molecule has 0 radical (unpaired) electrons. The molecule has 0 spiro atoms. The van der Waals surface area contributed by atoms with Crippen LogP contribution in [0.3, 0.4) is 0 Å². The van der Waals surface area contributed by atoms with Crippen molar-refractivity contribution < 1.29 is 9.53 Å². The Morgan fingerprint density at radius 2 is 2.00 bits per heavy atom. The number of hydrogen-bond donors (Lipinski definition) is 1. The Kier molecular flexibility index (Phi) is 5.14. The summed E-state index contributed by atoms with van der Waals surface area (Å²) in [5.74, 6) is 0.708. The fraction of sp³-hybridized carbons (Fsp3) is 0.200. The molecule has 5 heteroatoms. The number of benzene rings is 2. The molecule has 1 aromatic heterocycles. The van der Waals surface area contributed by atoms with Crippen molar-refractivity contribution in [2.24, 2.45) is 0 Å². The van der Waals surface area contributed by atoms with Crippen LogP contribution in [0, 0.1) is 13.8 Å². The van der Waals surface area contributed by atoms with Crippen molar-refractivity contribution in [1.29, 1.82) is 0 Å². The molecule has 0 aliphatic carbocycles. The number of aromatic nitrogens is 1. The van der Waals surface area contributed by atoms with E-state index in [1.54, 1.807) is 7.11 Å². The molecule has 25 heavy (non-hydrogen) atoms. The number of hydrogen-bond acceptors (Lipinski definition) is 4. The number of methoxy groups -OCH3 is 1. The van der Waals surface area contributed by atoms with E-state index in [0.29, 0.717) is 11.6 Å². The molecule has 0 atom stereocenters. The second-order valence-corrected chi connectivity index (χ2v) is 6.75. The lowest BCUT2D eigenvalue weighted by Crippen LogP contribution is -2.14. The summed E-state index contributed by atoms with van der Waals surface area (Å²) < 4.78 is 5.41. The van der Waals surface area contributed by atoms with Gasteiger partial charge in [-0.3, -0.25) is 4.79 Å². The highest BCUT2D eigenvalue weighted by Gasteiger charge is 2.12. The summed E-state index contributed by atoms with van der Waals surface area (Å²) in [6.07, 6.45) is 0.343. The second-order valence-electron chi connectivity index (χ2n) is 5.89. The Hall–Kier alpha value is -2.66. The number of amides is 1. The molecule has 0 unspecified atom stereocenters. The quantitative estimate of drug-likeness (QED) is 0.729. The van der Waals surface area contributed by atoms with Crippen LogP contribution in [-0.2, 0) is 11.2 Å². The molecule has 0 aliphatic rings. The van der Waals surface area contributed by atoms with Crippen molar-refractivity contribution in [3.05, 3.63) is 64.5 Å². The van der Waals surface area contributed by atoms with Crippen LogP contribution in [0.5, 0.6) is 5.75 Å². The lowest BCUT2D eigenvalue weighted by Gasteiger charge is -2.07. The zero-order chi connectivity index (χ0) is 17.8. The predicted octanol–water partition coefficient (Wildman–Crippen LogP) is 4.62. The van der Waals surface area contributed by atoms with E-state index >= 15 is 0 Å². The monoisotopic (exact) mass is 352 g/mol. The molecule has 3 rings (SSSR count). The number of carbonyl (C=O) groups excluding carboxylic acids is 1. The van der Waals surface area contributed by atoms with E-state index in [1.165, 1.54) is 11.3 Å². The SMILES string of the molecule is COc1ccc(C)cc1-c1csc(NC(=O)Cc2ccccc2C)n1. The summed E-state index contributed by atoms with van der Waals surface area (Å²) in [7, 11) is 1.64. The van der Waals surface area contributed by atoms with Crippen LogP contribution in [0.4, 0.5) is 5.13 Å². The van der Waals surface area contributed by atoms with Gasteiger partial charge in [-0.05, 0) is 37.1 Å². The molecule has 0 saturated carbocycles. The summed E-state index contributed by atoms with van der Waals surface area (Å²) >= 11 is 1.41. The van der Waals surface area contributed by atoms with Gasteiger partial charge in [-0.2, -0.15) is 0 Å². The zero-order valence-corrected chi connectivity index (χ0v) is 15.3. The zero-order valence-electron chi connectivity index (χ0n) is 14.5. The van der Waals surface area contributed by atoms with Crippen LogP contribution < -0.4 is 10.1 Å². The Morgan fingerprint density at radius 3 is 2.76 bits per heavy atom.